The summed E-state index contributed by atoms with van der Waals surface area (Å²) in [6.07, 6.45) is 0. The first kappa shape index (κ1) is 17.5. The topological polar surface area (TPSA) is 81.2 Å². The summed E-state index contributed by atoms with van der Waals surface area (Å²) in [6, 6.07) is 12.3. The number of benzene rings is 2. The molecule has 1 aromatic heterocycles. The zero-order valence-corrected chi connectivity index (χ0v) is 14.9. The molecular formula is C20H19N3O3. The molecule has 26 heavy (non-hydrogen) atoms. The van der Waals surface area contributed by atoms with E-state index in [4.69, 9.17) is 4.74 Å². The van der Waals surface area contributed by atoms with Gasteiger partial charge in [0, 0.05) is 5.56 Å². The number of hydrogen-bond acceptors (Lipinski definition) is 5. The minimum atomic E-state index is -0.528. The molecule has 0 spiro atoms. The Labute approximate surface area is 151 Å². The molecule has 6 heteroatoms. The predicted molar refractivity (Wildman–Crippen MR) is 98.2 cm³/mol. The summed E-state index contributed by atoms with van der Waals surface area (Å²) in [5, 5.41) is 2.57. The molecule has 0 saturated carbocycles. The van der Waals surface area contributed by atoms with Crippen molar-refractivity contribution in [2.45, 2.75) is 20.8 Å². The number of nitrogens with zero attached hydrogens (tertiary/aromatic N) is 2. The van der Waals surface area contributed by atoms with Crippen LogP contribution in [0.3, 0.4) is 0 Å². The number of carbonyl (C=O) groups is 2. The van der Waals surface area contributed by atoms with Gasteiger partial charge in [-0.25, -0.2) is 14.8 Å². The Bertz CT molecular complexity index is 999. The van der Waals surface area contributed by atoms with Crippen LogP contribution in [0.1, 0.15) is 27.3 Å². The van der Waals surface area contributed by atoms with Crippen molar-refractivity contribution in [3.8, 4) is 5.75 Å². The summed E-state index contributed by atoms with van der Waals surface area (Å²) in [5.74, 6) is -0.410. The van der Waals surface area contributed by atoms with Crippen molar-refractivity contribution < 1.29 is 14.3 Å². The van der Waals surface area contributed by atoms with Gasteiger partial charge in [-0.1, -0.05) is 18.2 Å². The molecule has 3 rings (SSSR count). The average molecular weight is 349 g/mol. The standard InChI is InChI=1S/C20H19N3O3/c1-12-6-4-5-7-18(12)26-19(24)11-21-20(25)15-8-9-16-17(10-15)23-14(3)13(2)22-16/h4-10H,11H2,1-3H3,(H,21,25). The van der Waals surface area contributed by atoms with E-state index in [-0.39, 0.29) is 12.5 Å². The average Bonchev–Trinajstić information content (AvgIpc) is 2.62. The second-order valence-electron chi connectivity index (χ2n) is 6.02. The van der Waals surface area contributed by atoms with Crippen molar-refractivity contribution in [2.75, 3.05) is 6.54 Å². The summed E-state index contributed by atoms with van der Waals surface area (Å²) < 4.78 is 5.25. The number of rotatable bonds is 4. The third kappa shape index (κ3) is 3.85. The fraction of sp³-hybridized carbons (Fsp3) is 0.200. The van der Waals surface area contributed by atoms with Gasteiger partial charge in [0.1, 0.15) is 12.3 Å². The number of aryl methyl sites for hydroxylation is 3. The Morgan fingerprint density at radius 2 is 1.65 bits per heavy atom. The predicted octanol–water partition coefficient (Wildman–Crippen LogP) is 2.89. The quantitative estimate of drug-likeness (QED) is 0.578. The molecule has 132 valence electrons. The fourth-order valence-corrected chi connectivity index (χ4v) is 2.46. The minimum Gasteiger partial charge on any atom is -0.425 e. The number of amides is 1. The Kier molecular flexibility index (Phi) is 4.93. The Morgan fingerprint density at radius 1 is 0.962 bits per heavy atom. The number of ether oxygens (including phenoxy) is 1. The lowest BCUT2D eigenvalue weighted by Gasteiger charge is -2.09. The smallest absolute Gasteiger partial charge is 0.330 e. The molecular weight excluding hydrogens is 330 g/mol. The Morgan fingerprint density at radius 3 is 2.38 bits per heavy atom. The molecule has 0 unspecified atom stereocenters. The first-order valence-electron chi connectivity index (χ1n) is 8.23. The summed E-state index contributed by atoms with van der Waals surface area (Å²) in [7, 11) is 0. The van der Waals surface area contributed by atoms with Gasteiger partial charge in [0.15, 0.2) is 0 Å². The lowest BCUT2D eigenvalue weighted by molar-refractivity contribution is -0.133. The highest BCUT2D eigenvalue weighted by atomic mass is 16.5. The zero-order chi connectivity index (χ0) is 18.7. The number of nitrogens with one attached hydrogen (secondary N) is 1. The molecule has 0 aliphatic carbocycles. The molecule has 1 heterocycles. The summed E-state index contributed by atoms with van der Waals surface area (Å²) in [4.78, 5) is 33.1. The van der Waals surface area contributed by atoms with Crippen molar-refractivity contribution in [3.63, 3.8) is 0 Å². The molecule has 6 nitrogen and oxygen atoms in total. The van der Waals surface area contributed by atoms with Gasteiger partial charge in [0.05, 0.1) is 22.4 Å². The normalized spacial score (nSPS) is 10.6. The fourth-order valence-electron chi connectivity index (χ4n) is 2.46. The van der Waals surface area contributed by atoms with Gasteiger partial charge in [0.25, 0.3) is 5.91 Å². The second-order valence-corrected chi connectivity index (χ2v) is 6.02. The number of hydrogen-bond donors (Lipinski definition) is 1. The van der Waals surface area contributed by atoms with E-state index < -0.39 is 5.97 Å². The van der Waals surface area contributed by atoms with E-state index in [0.29, 0.717) is 16.8 Å². The van der Waals surface area contributed by atoms with Crippen LogP contribution in [0.15, 0.2) is 42.5 Å². The maximum atomic E-state index is 12.3. The van der Waals surface area contributed by atoms with E-state index in [0.717, 1.165) is 22.5 Å². The van der Waals surface area contributed by atoms with Crippen LogP contribution in [0.2, 0.25) is 0 Å². The van der Waals surface area contributed by atoms with E-state index in [1.54, 1.807) is 30.3 Å². The van der Waals surface area contributed by atoms with Crippen molar-refractivity contribution in [1.82, 2.24) is 15.3 Å². The van der Waals surface area contributed by atoms with E-state index in [2.05, 4.69) is 15.3 Å². The molecule has 1 amide bonds. The lowest BCUT2D eigenvalue weighted by Crippen LogP contribution is -2.32. The maximum absolute atomic E-state index is 12.3. The third-order valence-electron chi connectivity index (χ3n) is 4.05. The van der Waals surface area contributed by atoms with Crippen LogP contribution >= 0.6 is 0 Å². The van der Waals surface area contributed by atoms with Gasteiger partial charge in [-0.3, -0.25) is 4.79 Å². The van der Waals surface area contributed by atoms with Gasteiger partial charge in [0.2, 0.25) is 0 Å². The molecule has 0 saturated heterocycles. The Balaban J connectivity index is 1.66. The molecule has 0 aliphatic rings. The van der Waals surface area contributed by atoms with Crippen LogP contribution in [0.5, 0.6) is 5.75 Å². The molecule has 0 aliphatic heterocycles. The molecule has 0 fully saturated rings. The minimum absolute atomic E-state index is 0.218. The highest BCUT2D eigenvalue weighted by Gasteiger charge is 2.12. The summed E-state index contributed by atoms with van der Waals surface area (Å²) in [6.45, 7) is 5.39. The van der Waals surface area contributed by atoms with Crippen LogP contribution in [0, 0.1) is 20.8 Å². The molecule has 0 bridgehead atoms. The van der Waals surface area contributed by atoms with Gasteiger partial charge in [-0.2, -0.15) is 0 Å². The molecule has 1 N–H and O–H groups in total. The van der Waals surface area contributed by atoms with Crippen molar-refractivity contribution in [1.29, 1.82) is 0 Å². The zero-order valence-electron chi connectivity index (χ0n) is 14.9. The van der Waals surface area contributed by atoms with E-state index in [9.17, 15) is 9.59 Å². The number of carbonyl (C=O) groups excluding carboxylic acids is 2. The van der Waals surface area contributed by atoms with Gasteiger partial charge in [-0.15, -0.1) is 0 Å². The monoisotopic (exact) mass is 349 g/mol. The summed E-state index contributed by atoms with van der Waals surface area (Å²) >= 11 is 0. The van der Waals surface area contributed by atoms with E-state index >= 15 is 0 Å². The van der Waals surface area contributed by atoms with Crippen LogP contribution < -0.4 is 10.1 Å². The van der Waals surface area contributed by atoms with Crippen LogP contribution in [-0.4, -0.2) is 28.4 Å². The number of esters is 1. The van der Waals surface area contributed by atoms with Crippen molar-refractivity contribution in [3.05, 3.63) is 65.0 Å². The van der Waals surface area contributed by atoms with E-state index in [1.807, 2.05) is 32.9 Å². The maximum Gasteiger partial charge on any atom is 0.330 e. The molecule has 2 aromatic carbocycles. The van der Waals surface area contributed by atoms with Crippen LogP contribution in [0.25, 0.3) is 11.0 Å². The highest BCUT2D eigenvalue weighted by molar-refractivity contribution is 5.98. The number of aromatic nitrogens is 2. The van der Waals surface area contributed by atoms with Crippen LogP contribution in [-0.2, 0) is 4.79 Å². The lowest BCUT2D eigenvalue weighted by atomic mass is 10.1. The number of para-hydroxylation sites is 1. The highest BCUT2D eigenvalue weighted by Crippen LogP contribution is 2.16. The van der Waals surface area contributed by atoms with Gasteiger partial charge >= 0.3 is 5.97 Å². The van der Waals surface area contributed by atoms with Crippen LogP contribution in [0.4, 0.5) is 0 Å². The SMILES string of the molecule is Cc1ccccc1OC(=O)CNC(=O)c1ccc2nc(C)c(C)nc2c1. The third-order valence-corrected chi connectivity index (χ3v) is 4.05. The Hall–Kier alpha value is -3.28. The van der Waals surface area contributed by atoms with E-state index in [1.165, 1.54) is 0 Å². The number of fused-ring (bicyclic) bond motifs is 1. The molecule has 0 atom stereocenters. The van der Waals surface area contributed by atoms with Gasteiger partial charge < -0.3 is 10.1 Å². The largest absolute Gasteiger partial charge is 0.425 e. The molecule has 0 radical (unpaired) electrons. The molecule has 3 aromatic rings. The second kappa shape index (κ2) is 7.31. The summed E-state index contributed by atoms with van der Waals surface area (Å²) in [5.41, 5.74) is 4.31. The first-order valence-corrected chi connectivity index (χ1v) is 8.23. The van der Waals surface area contributed by atoms with Gasteiger partial charge in [-0.05, 0) is 50.6 Å². The van der Waals surface area contributed by atoms with Crippen molar-refractivity contribution in [2.24, 2.45) is 0 Å². The first-order chi connectivity index (χ1) is 12.4. The van der Waals surface area contributed by atoms with Crippen molar-refractivity contribution >= 4 is 22.9 Å².